The van der Waals surface area contributed by atoms with E-state index in [1.54, 1.807) is 0 Å². The van der Waals surface area contributed by atoms with Crippen LogP contribution in [0.4, 0.5) is 0 Å². The van der Waals surface area contributed by atoms with Crippen molar-refractivity contribution in [3.05, 3.63) is 94.1 Å². The third-order valence-corrected chi connectivity index (χ3v) is 4.79. The summed E-state index contributed by atoms with van der Waals surface area (Å²) in [5.74, 6) is 0.643. The van der Waals surface area contributed by atoms with E-state index in [-0.39, 0.29) is 0 Å². The first kappa shape index (κ1) is 43.0. The Morgan fingerprint density at radius 2 is 1.20 bits per heavy atom. The molecule has 0 aliphatic carbocycles. The maximum atomic E-state index is 3.77. The molecule has 1 aromatic carbocycles. The molecule has 0 saturated heterocycles. The fourth-order valence-electron chi connectivity index (χ4n) is 2.63. The molecule has 0 bridgehead atoms. The van der Waals surface area contributed by atoms with Crippen LogP contribution in [0.2, 0.25) is 0 Å². The summed E-state index contributed by atoms with van der Waals surface area (Å²) in [6.07, 6.45) is 9.28. The summed E-state index contributed by atoms with van der Waals surface area (Å²) in [4.78, 5) is 0. The van der Waals surface area contributed by atoms with Crippen molar-refractivity contribution in [2.75, 3.05) is 0 Å². The van der Waals surface area contributed by atoms with Crippen molar-refractivity contribution in [3.8, 4) is 0 Å². The van der Waals surface area contributed by atoms with Gasteiger partial charge in [-0.25, -0.2) is 0 Å². The maximum absolute atomic E-state index is 3.77. The summed E-state index contributed by atoms with van der Waals surface area (Å²) in [6, 6.07) is 4.60. The van der Waals surface area contributed by atoms with Crippen LogP contribution in [0.5, 0.6) is 0 Å². The molecule has 0 saturated carbocycles. The van der Waals surface area contributed by atoms with E-state index in [1.165, 1.54) is 39.0 Å². The van der Waals surface area contributed by atoms with Crippen LogP contribution in [0.3, 0.4) is 0 Å². The summed E-state index contributed by atoms with van der Waals surface area (Å²) >= 11 is 0. The van der Waals surface area contributed by atoms with Crippen LogP contribution < -0.4 is 0 Å². The lowest BCUT2D eigenvalue weighted by atomic mass is 9.94. The molecule has 0 nitrogen and oxygen atoms in total. The molecule has 0 unspecified atom stereocenters. The van der Waals surface area contributed by atoms with Gasteiger partial charge in [-0.3, -0.25) is 0 Å². The second kappa shape index (κ2) is 30.0. The highest BCUT2D eigenvalue weighted by molar-refractivity contribution is 5.37. The molecular weight excluding hydrogens is 420 g/mol. The van der Waals surface area contributed by atoms with Gasteiger partial charge in [-0.05, 0) is 90.0 Å². The summed E-state index contributed by atoms with van der Waals surface area (Å²) in [5, 5.41) is 0. The van der Waals surface area contributed by atoms with Crippen LogP contribution in [0.1, 0.15) is 132 Å². The van der Waals surface area contributed by atoms with Gasteiger partial charge in [0, 0.05) is 0 Å². The molecule has 0 aromatic heterocycles. The molecular formula is C35H64. The van der Waals surface area contributed by atoms with E-state index < -0.39 is 0 Å². The second-order valence-electron chi connectivity index (χ2n) is 8.26. The number of hydrogen-bond acceptors (Lipinski definition) is 0. The van der Waals surface area contributed by atoms with Gasteiger partial charge in [0.25, 0.3) is 0 Å². The van der Waals surface area contributed by atoms with Crippen molar-refractivity contribution >= 4 is 0 Å². The minimum atomic E-state index is 0.643. The largest absolute Gasteiger partial charge is 0.0988 e. The number of aryl methyl sites for hydroxylation is 3. The Labute approximate surface area is 224 Å². The Balaban J connectivity index is -0.000000118. The lowest BCUT2D eigenvalue weighted by Crippen LogP contribution is -1.94. The standard InChI is InChI=1S/C12H18.C9H14.C8H14.3C2H6/c1-8(2)12-7-10(4)9(3)6-11(12)5;1-5-8(3)7-9(4)6-2;1-5-8(4)6-7(2)3;3*1-2/h6-8H,1-5H3;5-7H,1H2,2-4H3;6H,2,5H2,1,3-4H3;3*1-2H3/b;8-7-,9-6-;8-6+;;;. The van der Waals surface area contributed by atoms with Gasteiger partial charge in [0.15, 0.2) is 0 Å². The van der Waals surface area contributed by atoms with Crippen LogP contribution >= 0.6 is 0 Å². The molecule has 1 rings (SSSR count). The van der Waals surface area contributed by atoms with Gasteiger partial charge in [0.1, 0.15) is 0 Å². The number of hydrogen-bond donors (Lipinski definition) is 0. The van der Waals surface area contributed by atoms with E-state index in [0.717, 1.165) is 12.0 Å². The highest BCUT2D eigenvalue weighted by atomic mass is 14.1. The second-order valence-corrected chi connectivity index (χ2v) is 8.26. The van der Waals surface area contributed by atoms with Gasteiger partial charge in [0.05, 0.1) is 0 Å². The zero-order chi connectivity index (χ0) is 29.1. The highest BCUT2D eigenvalue weighted by Gasteiger charge is 2.04. The third-order valence-electron chi connectivity index (χ3n) is 4.79. The summed E-state index contributed by atoms with van der Waals surface area (Å²) in [6.45, 7) is 42.9. The topological polar surface area (TPSA) is 0 Å². The maximum Gasteiger partial charge on any atom is -0.0216 e. The average molecular weight is 485 g/mol. The molecule has 0 aliphatic heterocycles. The van der Waals surface area contributed by atoms with E-state index in [4.69, 9.17) is 0 Å². The molecule has 0 amide bonds. The molecule has 35 heavy (non-hydrogen) atoms. The summed E-state index contributed by atoms with van der Waals surface area (Å²) < 4.78 is 0. The van der Waals surface area contributed by atoms with Crippen molar-refractivity contribution in [1.82, 2.24) is 0 Å². The molecule has 0 heterocycles. The molecule has 1 aromatic rings. The van der Waals surface area contributed by atoms with Gasteiger partial charge in [0.2, 0.25) is 0 Å². The van der Waals surface area contributed by atoms with Gasteiger partial charge in [-0.1, -0.05) is 134 Å². The lowest BCUT2D eigenvalue weighted by molar-refractivity contribution is 0.853. The van der Waals surface area contributed by atoms with E-state index in [9.17, 15) is 0 Å². The minimum Gasteiger partial charge on any atom is -0.0988 e. The van der Waals surface area contributed by atoms with Gasteiger partial charge >= 0.3 is 0 Å². The van der Waals surface area contributed by atoms with Crippen molar-refractivity contribution in [2.24, 2.45) is 0 Å². The number of allylic oxidation sites excluding steroid dienone is 8. The SMILES string of the molecule is C=C(C)/C=C(\C)CC.C=C/C(C)=C\C(C)=C/C.CC.CC.CC.Cc1cc(C)c(C(C)C)cc1C. The molecule has 0 heteroatoms. The Hall–Kier alpha value is -2.08. The van der Waals surface area contributed by atoms with Crippen LogP contribution in [0.15, 0.2) is 71.9 Å². The third kappa shape index (κ3) is 28.0. The van der Waals surface area contributed by atoms with Crippen molar-refractivity contribution in [3.63, 3.8) is 0 Å². The van der Waals surface area contributed by atoms with Gasteiger partial charge in [-0.2, -0.15) is 0 Å². The Bertz CT molecular complexity index is 734. The lowest BCUT2D eigenvalue weighted by Gasteiger charge is -2.12. The van der Waals surface area contributed by atoms with Crippen LogP contribution in [0.25, 0.3) is 0 Å². The van der Waals surface area contributed by atoms with Crippen LogP contribution in [0, 0.1) is 20.8 Å². The highest BCUT2D eigenvalue weighted by Crippen LogP contribution is 2.22. The van der Waals surface area contributed by atoms with Gasteiger partial charge in [-0.15, -0.1) is 0 Å². The Morgan fingerprint density at radius 3 is 1.49 bits per heavy atom. The molecule has 0 N–H and O–H groups in total. The summed E-state index contributed by atoms with van der Waals surface area (Å²) in [5.41, 5.74) is 10.8. The van der Waals surface area contributed by atoms with Crippen LogP contribution in [-0.2, 0) is 0 Å². The molecule has 0 spiro atoms. The van der Waals surface area contributed by atoms with E-state index in [0.29, 0.717) is 5.92 Å². The van der Waals surface area contributed by atoms with Gasteiger partial charge < -0.3 is 0 Å². The molecule has 0 fully saturated rings. The zero-order valence-electron chi connectivity index (χ0n) is 27.2. The van der Waals surface area contributed by atoms with E-state index in [1.807, 2.05) is 68.4 Å². The van der Waals surface area contributed by atoms with E-state index in [2.05, 4.69) is 98.9 Å². The fraction of sp³-hybridized carbons (Fsp3) is 0.543. The smallest absolute Gasteiger partial charge is 0.0216 e. The molecule has 0 radical (unpaired) electrons. The number of benzene rings is 1. The Morgan fingerprint density at radius 1 is 0.771 bits per heavy atom. The molecule has 0 aliphatic rings. The molecule has 0 atom stereocenters. The van der Waals surface area contributed by atoms with Crippen molar-refractivity contribution in [2.45, 2.75) is 130 Å². The predicted molar refractivity (Wildman–Crippen MR) is 171 cm³/mol. The fourth-order valence-corrected chi connectivity index (χ4v) is 2.63. The summed E-state index contributed by atoms with van der Waals surface area (Å²) in [7, 11) is 0. The molecule has 204 valence electrons. The predicted octanol–water partition coefficient (Wildman–Crippen LogP) is 12.8. The van der Waals surface area contributed by atoms with Crippen molar-refractivity contribution < 1.29 is 0 Å². The van der Waals surface area contributed by atoms with Crippen molar-refractivity contribution in [1.29, 1.82) is 0 Å². The Kier molecular flexibility index (Phi) is 36.8. The number of rotatable bonds is 5. The first-order valence-electron chi connectivity index (χ1n) is 13.7. The van der Waals surface area contributed by atoms with E-state index >= 15 is 0 Å². The normalized spacial score (nSPS) is 10.4. The monoisotopic (exact) mass is 485 g/mol. The first-order valence-corrected chi connectivity index (χ1v) is 13.7. The zero-order valence-corrected chi connectivity index (χ0v) is 27.2. The van der Waals surface area contributed by atoms with Crippen LogP contribution in [-0.4, -0.2) is 0 Å². The first-order chi connectivity index (χ1) is 16.4. The average Bonchev–Trinajstić information content (AvgIpc) is 2.85. The quantitative estimate of drug-likeness (QED) is 0.364. The minimum absolute atomic E-state index is 0.643.